The van der Waals surface area contributed by atoms with E-state index in [1.165, 1.54) is 10.4 Å². The Bertz CT molecular complexity index is 831. The van der Waals surface area contributed by atoms with Crippen LogP contribution in [0.4, 0.5) is 0 Å². The van der Waals surface area contributed by atoms with Gasteiger partial charge in [0.2, 0.25) is 0 Å². The second kappa shape index (κ2) is 5.49. The first-order valence-corrected chi connectivity index (χ1v) is 8.43. The van der Waals surface area contributed by atoms with E-state index in [9.17, 15) is 0 Å². The summed E-state index contributed by atoms with van der Waals surface area (Å²) in [5.74, 6) is 1.02. The van der Waals surface area contributed by atoms with Crippen molar-refractivity contribution in [3.63, 3.8) is 0 Å². The van der Waals surface area contributed by atoms with Crippen molar-refractivity contribution in [2.45, 2.75) is 26.1 Å². The zero-order valence-electron chi connectivity index (χ0n) is 12.1. The molecule has 0 spiro atoms. The zero-order chi connectivity index (χ0) is 15.1. The maximum Gasteiger partial charge on any atom is 0.288 e. The normalized spacial score (nSPS) is 18.5. The molecule has 4 heterocycles. The number of hydrogen-bond acceptors (Lipinski definition) is 6. The fourth-order valence-corrected chi connectivity index (χ4v) is 3.96. The first-order chi connectivity index (χ1) is 10.7. The second-order valence-corrected chi connectivity index (χ2v) is 6.68. The molecule has 0 N–H and O–H groups in total. The van der Waals surface area contributed by atoms with Crippen LogP contribution in [0.3, 0.4) is 0 Å². The molecule has 114 valence electrons. The Kier molecular flexibility index (Phi) is 3.48. The van der Waals surface area contributed by atoms with Gasteiger partial charge in [0.15, 0.2) is 5.76 Å². The molecule has 0 radical (unpaired) electrons. The van der Waals surface area contributed by atoms with E-state index in [1.54, 1.807) is 17.0 Å². The second-order valence-electron chi connectivity index (χ2n) is 5.33. The molecule has 1 aliphatic rings. The molecule has 7 heteroatoms. The Morgan fingerprint density at radius 3 is 3.18 bits per heavy atom. The molecule has 0 fully saturated rings. The molecule has 0 unspecified atom stereocenters. The van der Waals surface area contributed by atoms with Crippen molar-refractivity contribution in [3.05, 3.63) is 45.1 Å². The topological polar surface area (TPSA) is 47.3 Å². The highest BCUT2D eigenvalue weighted by Gasteiger charge is 2.25. The molecule has 4 rings (SSSR count). The van der Waals surface area contributed by atoms with Gasteiger partial charge in [0.25, 0.3) is 10.7 Å². The van der Waals surface area contributed by atoms with Crippen molar-refractivity contribution in [3.8, 4) is 11.7 Å². The fourth-order valence-electron chi connectivity index (χ4n) is 2.82. The number of furan rings is 1. The SMILES string of the molecule is C[C@@H]1c2ccsc2CCN1Cn1nc(-c2ccco2)oc1=S. The minimum atomic E-state index is 0.362. The summed E-state index contributed by atoms with van der Waals surface area (Å²) in [7, 11) is 0. The zero-order valence-corrected chi connectivity index (χ0v) is 13.7. The molecule has 0 saturated heterocycles. The van der Waals surface area contributed by atoms with E-state index < -0.39 is 0 Å². The van der Waals surface area contributed by atoms with Crippen LogP contribution in [0.5, 0.6) is 0 Å². The van der Waals surface area contributed by atoms with Crippen LogP contribution in [0.2, 0.25) is 0 Å². The number of nitrogens with zero attached hydrogens (tertiary/aromatic N) is 3. The van der Waals surface area contributed by atoms with E-state index in [2.05, 4.69) is 28.4 Å². The summed E-state index contributed by atoms with van der Waals surface area (Å²) in [5.41, 5.74) is 1.41. The Morgan fingerprint density at radius 1 is 1.45 bits per heavy atom. The van der Waals surface area contributed by atoms with Crippen LogP contribution in [0.15, 0.2) is 38.7 Å². The van der Waals surface area contributed by atoms with Gasteiger partial charge in [0.05, 0.1) is 12.9 Å². The summed E-state index contributed by atoms with van der Waals surface area (Å²) < 4.78 is 12.6. The summed E-state index contributed by atoms with van der Waals surface area (Å²) >= 11 is 7.13. The predicted octanol–water partition coefficient (Wildman–Crippen LogP) is 4.10. The number of rotatable bonds is 3. The van der Waals surface area contributed by atoms with E-state index in [1.807, 2.05) is 17.4 Å². The van der Waals surface area contributed by atoms with Gasteiger partial charge in [0.1, 0.15) is 0 Å². The lowest BCUT2D eigenvalue weighted by Gasteiger charge is -2.32. The molecule has 0 aliphatic carbocycles. The molecule has 1 atom stereocenters. The lowest BCUT2D eigenvalue weighted by molar-refractivity contribution is 0.142. The lowest BCUT2D eigenvalue weighted by atomic mass is 10.0. The van der Waals surface area contributed by atoms with Gasteiger partial charge in [-0.25, -0.2) is 4.68 Å². The Hall–Kier alpha value is -1.70. The maximum absolute atomic E-state index is 5.54. The summed E-state index contributed by atoms with van der Waals surface area (Å²) in [4.78, 5) is 4.22. The van der Waals surface area contributed by atoms with E-state index in [-0.39, 0.29) is 0 Å². The minimum Gasteiger partial charge on any atom is -0.459 e. The third kappa shape index (κ3) is 2.35. The van der Waals surface area contributed by atoms with Crippen LogP contribution in [-0.2, 0) is 13.1 Å². The van der Waals surface area contributed by atoms with Crippen molar-refractivity contribution in [1.82, 2.24) is 14.7 Å². The van der Waals surface area contributed by atoms with Gasteiger partial charge in [-0.1, -0.05) is 0 Å². The van der Waals surface area contributed by atoms with Crippen molar-refractivity contribution >= 4 is 23.6 Å². The van der Waals surface area contributed by atoms with Crippen molar-refractivity contribution in [2.24, 2.45) is 0 Å². The standard InChI is InChI=1S/C15H15N3O2S2/c1-10-11-5-8-22-13(11)4-6-17(10)9-18-15(21)20-14(16-18)12-3-2-7-19-12/h2-3,5,7-8,10H,4,6,9H2,1H3/t10-/m1/s1. The molecular weight excluding hydrogens is 318 g/mol. The van der Waals surface area contributed by atoms with E-state index in [0.29, 0.717) is 29.2 Å². The first-order valence-electron chi connectivity index (χ1n) is 7.14. The van der Waals surface area contributed by atoms with Gasteiger partial charge in [-0.15, -0.1) is 16.4 Å². The maximum atomic E-state index is 5.54. The minimum absolute atomic E-state index is 0.362. The van der Waals surface area contributed by atoms with Gasteiger partial charge in [-0.3, -0.25) is 4.90 Å². The third-order valence-corrected chi connectivity index (χ3v) is 5.35. The Morgan fingerprint density at radius 2 is 2.36 bits per heavy atom. The van der Waals surface area contributed by atoms with Crippen molar-refractivity contribution in [1.29, 1.82) is 0 Å². The molecule has 0 bridgehead atoms. The summed E-state index contributed by atoms with van der Waals surface area (Å²) in [5, 5.41) is 6.61. The van der Waals surface area contributed by atoms with Crippen molar-refractivity contribution in [2.75, 3.05) is 6.54 Å². The van der Waals surface area contributed by atoms with Crippen LogP contribution in [0, 0.1) is 4.84 Å². The van der Waals surface area contributed by atoms with Gasteiger partial charge in [0, 0.05) is 17.5 Å². The molecule has 5 nitrogen and oxygen atoms in total. The van der Waals surface area contributed by atoms with E-state index in [4.69, 9.17) is 21.1 Å². The number of thiophene rings is 1. The highest BCUT2D eigenvalue weighted by molar-refractivity contribution is 7.71. The van der Waals surface area contributed by atoms with Crippen LogP contribution < -0.4 is 0 Å². The summed E-state index contributed by atoms with van der Waals surface area (Å²) in [6.45, 7) is 3.85. The average Bonchev–Trinajstić information content (AvgIpc) is 3.23. The summed E-state index contributed by atoms with van der Waals surface area (Å²) in [6.07, 6.45) is 2.67. The van der Waals surface area contributed by atoms with Crippen LogP contribution in [0.1, 0.15) is 23.4 Å². The van der Waals surface area contributed by atoms with E-state index in [0.717, 1.165) is 13.0 Å². The Labute approximate surface area is 136 Å². The van der Waals surface area contributed by atoms with Crippen LogP contribution in [0.25, 0.3) is 11.7 Å². The van der Waals surface area contributed by atoms with Crippen LogP contribution >= 0.6 is 23.6 Å². The third-order valence-electron chi connectivity index (χ3n) is 4.06. The molecule has 0 saturated carbocycles. The Balaban J connectivity index is 1.58. The van der Waals surface area contributed by atoms with Crippen LogP contribution in [-0.4, -0.2) is 21.2 Å². The molecule has 3 aromatic heterocycles. The number of hydrogen-bond donors (Lipinski definition) is 0. The van der Waals surface area contributed by atoms with Gasteiger partial charge < -0.3 is 8.83 Å². The highest BCUT2D eigenvalue weighted by Crippen LogP contribution is 2.33. The quantitative estimate of drug-likeness (QED) is 0.675. The summed E-state index contributed by atoms with van der Waals surface area (Å²) in [6, 6.07) is 6.19. The smallest absolute Gasteiger partial charge is 0.288 e. The lowest BCUT2D eigenvalue weighted by Crippen LogP contribution is -2.35. The predicted molar refractivity (Wildman–Crippen MR) is 86.2 cm³/mol. The largest absolute Gasteiger partial charge is 0.459 e. The van der Waals surface area contributed by atoms with Gasteiger partial charge in [-0.2, -0.15) is 0 Å². The molecule has 0 amide bonds. The average molecular weight is 333 g/mol. The molecule has 0 aromatic carbocycles. The number of aromatic nitrogens is 2. The molecule has 22 heavy (non-hydrogen) atoms. The van der Waals surface area contributed by atoms with E-state index >= 15 is 0 Å². The fraction of sp³-hybridized carbons (Fsp3) is 0.333. The molecular formula is C15H15N3O2S2. The highest BCUT2D eigenvalue weighted by atomic mass is 32.1. The molecule has 3 aromatic rings. The van der Waals surface area contributed by atoms with Crippen molar-refractivity contribution < 1.29 is 8.83 Å². The monoisotopic (exact) mass is 333 g/mol. The first kappa shape index (κ1) is 13.9. The molecule has 1 aliphatic heterocycles. The number of fused-ring (bicyclic) bond motifs is 1. The van der Waals surface area contributed by atoms with Gasteiger partial charge in [-0.05, 0) is 54.7 Å². The van der Waals surface area contributed by atoms with Gasteiger partial charge >= 0.3 is 0 Å².